The van der Waals surface area contributed by atoms with E-state index in [-0.39, 0.29) is 16.9 Å². The molecule has 0 amide bonds. The van der Waals surface area contributed by atoms with E-state index in [1.807, 2.05) is 6.07 Å². The minimum absolute atomic E-state index is 0.201. The quantitative estimate of drug-likeness (QED) is 0.914. The van der Waals surface area contributed by atoms with Crippen molar-refractivity contribution in [2.75, 3.05) is 19.6 Å². The molecule has 1 fully saturated rings. The molecule has 2 rings (SSSR count). The first-order chi connectivity index (χ1) is 8.61. The Hall–Kier alpha value is -0.640. The molecule has 2 nitrogen and oxygen atoms in total. The molecule has 2 unspecified atom stereocenters. The highest BCUT2D eigenvalue weighted by atomic mass is 35.5. The number of hydrogen-bond donors (Lipinski definition) is 1. The highest BCUT2D eigenvalue weighted by Gasteiger charge is 2.23. The van der Waals surface area contributed by atoms with Gasteiger partial charge >= 0.3 is 0 Å². The summed E-state index contributed by atoms with van der Waals surface area (Å²) in [5, 5.41) is 0.201. The van der Waals surface area contributed by atoms with E-state index in [4.69, 9.17) is 17.3 Å². The van der Waals surface area contributed by atoms with Crippen molar-refractivity contribution in [2.45, 2.75) is 25.8 Å². The molecular formula is C14H20ClFN2. The van der Waals surface area contributed by atoms with Gasteiger partial charge < -0.3 is 5.73 Å². The van der Waals surface area contributed by atoms with Crippen molar-refractivity contribution in [3.8, 4) is 0 Å². The second-order valence-corrected chi connectivity index (χ2v) is 5.50. The lowest BCUT2D eigenvalue weighted by Crippen LogP contribution is -2.39. The lowest BCUT2D eigenvalue weighted by Gasteiger charge is -2.36. The van der Waals surface area contributed by atoms with E-state index < -0.39 is 0 Å². The molecule has 2 atom stereocenters. The smallest absolute Gasteiger partial charge is 0.141 e. The number of benzene rings is 1. The van der Waals surface area contributed by atoms with Crippen molar-refractivity contribution in [3.63, 3.8) is 0 Å². The summed E-state index contributed by atoms with van der Waals surface area (Å²) in [6.07, 6.45) is 2.39. The van der Waals surface area contributed by atoms with Gasteiger partial charge in [-0.05, 0) is 56.5 Å². The van der Waals surface area contributed by atoms with Gasteiger partial charge in [0.15, 0.2) is 0 Å². The van der Waals surface area contributed by atoms with Crippen LogP contribution in [0.4, 0.5) is 4.39 Å². The molecule has 0 aromatic heterocycles. The van der Waals surface area contributed by atoms with Gasteiger partial charge in [0.1, 0.15) is 5.82 Å². The van der Waals surface area contributed by atoms with E-state index in [9.17, 15) is 4.39 Å². The predicted octanol–water partition coefficient (Wildman–Crippen LogP) is 3.21. The Balaban J connectivity index is 2.10. The molecule has 1 aliphatic rings. The fourth-order valence-corrected chi connectivity index (χ4v) is 2.81. The average molecular weight is 271 g/mol. The summed E-state index contributed by atoms with van der Waals surface area (Å²) in [5.41, 5.74) is 6.82. The third kappa shape index (κ3) is 3.02. The monoisotopic (exact) mass is 270 g/mol. The van der Waals surface area contributed by atoms with Crippen LogP contribution < -0.4 is 5.73 Å². The Kier molecular flexibility index (Phi) is 4.60. The molecule has 1 aliphatic heterocycles. The number of nitrogens with two attached hydrogens (primary N) is 1. The third-order valence-corrected chi connectivity index (χ3v) is 4.15. The number of rotatable bonds is 3. The van der Waals surface area contributed by atoms with Crippen LogP contribution in [0.25, 0.3) is 0 Å². The van der Waals surface area contributed by atoms with Crippen LogP contribution in [0.1, 0.15) is 31.4 Å². The zero-order valence-electron chi connectivity index (χ0n) is 10.7. The fraction of sp³-hybridized carbons (Fsp3) is 0.571. The minimum Gasteiger partial charge on any atom is -0.330 e. The zero-order chi connectivity index (χ0) is 13.1. The Bertz CT molecular complexity index is 411. The van der Waals surface area contributed by atoms with E-state index in [0.29, 0.717) is 5.92 Å². The van der Waals surface area contributed by atoms with Crippen LogP contribution in [0.3, 0.4) is 0 Å². The molecule has 18 heavy (non-hydrogen) atoms. The first-order valence-corrected chi connectivity index (χ1v) is 6.88. The molecule has 0 saturated carbocycles. The van der Waals surface area contributed by atoms with Crippen molar-refractivity contribution in [2.24, 2.45) is 11.7 Å². The number of piperidine rings is 1. The maximum absolute atomic E-state index is 13.2. The lowest BCUT2D eigenvalue weighted by atomic mass is 9.95. The number of hydrogen-bond acceptors (Lipinski definition) is 2. The van der Waals surface area contributed by atoms with Gasteiger partial charge in [-0.1, -0.05) is 17.7 Å². The maximum Gasteiger partial charge on any atom is 0.141 e. The van der Waals surface area contributed by atoms with Crippen LogP contribution in [0.15, 0.2) is 18.2 Å². The van der Waals surface area contributed by atoms with Crippen LogP contribution in [0.2, 0.25) is 5.02 Å². The van der Waals surface area contributed by atoms with Gasteiger partial charge in [-0.15, -0.1) is 0 Å². The lowest BCUT2D eigenvalue weighted by molar-refractivity contribution is 0.134. The summed E-state index contributed by atoms with van der Waals surface area (Å²) in [5.74, 6) is 0.225. The molecule has 0 bridgehead atoms. The Morgan fingerprint density at radius 1 is 1.56 bits per heavy atom. The number of halogens is 2. The Morgan fingerprint density at radius 2 is 2.33 bits per heavy atom. The summed E-state index contributed by atoms with van der Waals surface area (Å²) in [6.45, 7) is 4.98. The molecule has 0 radical (unpaired) electrons. The molecule has 0 aliphatic carbocycles. The summed E-state index contributed by atoms with van der Waals surface area (Å²) in [4.78, 5) is 2.41. The van der Waals surface area contributed by atoms with Gasteiger partial charge in [-0.3, -0.25) is 4.90 Å². The van der Waals surface area contributed by atoms with Crippen LogP contribution in [0, 0.1) is 11.7 Å². The first kappa shape index (κ1) is 13.8. The van der Waals surface area contributed by atoms with Crippen LogP contribution in [0.5, 0.6) is 0 Å². The van der Waals surface area contributed by atoms with Crippen molar-refractivity contribution in [1.29, 1.82) is 0 Å². The van der Waals surface area contributed by atoms with Crippen LogP contribution >= 0.6 is 11.6 Å². The average Bonchev–Trinajstić information content (AvgIpc) is 2.41. The molecule has 1 aromatic carbocycles. The van der Waals surface area contributed by atoms with Gasteiger partial charge in [-0.25, -0.2) is 4.39 Å². The van der Waals surface area contributed by atoms with E-state index in [0.717, 1.165) is 25.2 Å². The minimum atomic E-state index is -0.355. The molecule has 100 valence electrons. The summed E-state index contributed by atoms with van der Waals surface area (Å²) < 4.78 is 13.2. The van der Waals surface area contributed by atoms with Crippen molar-refractivity contribution >= 4 is 11.6 Å². The van der Waals surface area contributed by atoms with Crippen LogP contribution in [-0.2, 0) is 0 Å². The SMILES string of the molecule is CC(c1ccc(F)c(Cl)c1)N1CCCC(CN)C1. The molecule has 1 heterocycles. The normalized spacial score (nSPS) is 23.0. The van der Waals surface area contributed by atoms with Crippen molar-refractivity contribution in [1.82, 2.24) is 4.90 Å². The van der Waals surface area contributed by atoms with E-state index in [2.05, 4.69) is 11.8 Å². The van der Waals surface area contributed by atoms with Gasteiger partial charge in [0.05, 0.1) is 5.02 Å². The van der Waals surface area contributed by atoms with Gasteiger partial charge in [0.25, 0.3) is 0 Å². The predicted molar refractivity (Wildman–Crippen MR) is 73.2 cm³/mol. The highest BCUT2D eigenvalue weighted by molar-refractivity contribution is 6.30. The second-order valence-electron chi connectivity index (χ2n) is 5.09. The molecule has 0 spiro atoms. The van der Waals surface area contributed by atoms with Gasteiger partial charge in [-0.2, -0.15) is 0 Å². The maximum atomic E-state index is 13.2. The summed E-state index contributed by atoms with van der Waals surface area (Å²) in [6, 6.07) is 5.25. The topological polar surface area (TPSA) is 29.3 Å². The largest absolute Gasteiger partial charge is 0.330 e. The fourth-order valence-electron chi connectivity index (χ4n) is 2.62. The van der Waals surface area contributed by atoms with Gasteiger partial charge in [0, 0.05) is 12.6 Å². The highest BCUT2D eigenvalue weighted by Crippen LogP contribution is 2.28. The van der Waals surface area contributed by atoms with Crippen molar-refractivity contribution < 1.29 is 4.39 Å². The van der Waals surface area contributed by atoms with Gasteiger partial charge in [0.2, 0.25) is 0 Å². The molecule has 1 aromatic rings. The molecule has 4 heteroatoms. The summed E-state index contributed by atoms with van der Waals surface area (Å²) >= 11 is 5.84. The number of nitrogens with zero attached hydrogens (tertiary/aromatic N) is 1. The Labute approximate surface area is 113 Å². The standard InChI is InChI=1S/C14H20ClFN2/c1-10(12-4-5-14(16)13(15)7-12)18-6-2-3-11(8-17)9-18/h4-5,7,10-11H,2-3,6,8-9,17H2,1H3. The number of likely N-dealkylation sites (tertiary alicyclic amines) is 1. The van der Waals surface area contributed by atoms with E-state index in [1.165, 1.54) is 18.9 Å². The third-order valence-electron chi connectivity index (χ3n) is 3.86. The van der Waals surface area contributed by atoms with E-state index in [1.54, 1.807) is 6.07 Å². The van der Waals surface area contributed by atoms with E-state index >= 15 is 0 Å². The first-order valence-electron chi connectivity index (χ1n) is 6.51. The molecule has 1 saturated heterocycles. The summed E-state index contributed by atoms with van der Waals surface area (Å²) in [7, 11) is 0. The van der Waals surface area contributed by atoms with Crippen LogP contribution in [-0.4, -0.2) is 24.5 Å². The molecular weight excluding hydrogens is 251 g/mol. The second kappa shape index (κ2) is 6.00. The Morgan fingerprint density at radius 3 is 3.00 bits per heavy atom. The molecule has 2 N–H and O–H groups in total. The van der Waals surface area contributed by atoms with Crippen molar-refractivity contribution in [3.05, 3.63) is 34.6 Å². The zero-order valence-corrected chi connectivity index (χ0v) is 11.5.